The minimum atomic E-state index is 0.829. The van der Waals surface area contributed by atoms with Crippen molar-refractivity contribution in [3.63, 3.8) is 0 Å². The standard InChI is InChI=1S/C10H7NS.C2H6/c1-7-9(6-11)8-4-2-3-5-10(8)12-7;1-2/h2-5H,1H3;1-2H3. The molecule has 1 aromatic heterocycles. The molecule has 2 heteroatoms. The molecule has 0 N–H and O–H groups in total. The average Bonchev–Trinajstić information content (AvgIpc) is 2.56. The number of thiophene rings is 1. The second kappa shape index (κ2) is 4.78. The van der Waals surface area contributed by atoms with Crippen molar-refractivity contribution in [2.24, 2.45) is 0 Å². The van der Waals surface area contributed by atoms with E-state index >= 15 is 0 Å². The fourth-order valence-electron chi connectivity index (χ4n) is 1.31. The molecule has 0 spiro atoms. The van der Waals surface area contributed by atoms with E-state index in [4.69, 9.17) is 5.26 Å². The Morgan fingerprint density at radius 1 is 1.21 bits per heavy atom. The van der Waals surface area contributed by atoms with E-state index in [-0.39, 0.29) is 0 Å². The smallest absolute Gasteiger partial charge is 0.101 e. The van der Waals surface area contributed by atoms with Gasteiger partial charge in [-0.3, -0.25) is 0 Å². The largest absolute Gasteiger partial charge is 0.192 e. The Labute approximate surface area is 88.6 Å². The van der Waals surface area contributed by atoms with Gasteiger partial charge < -0.3 is 0 Å². The van der Waals surface area contributed by atoms with Gasteiger partial charge in [-0.05, 0) is 13.0 Å². The maximum Gasteiger partial charge on any atom is 0.101 e. The fourth-order valence-corrected chi connectivity index (χ4v) is 2.32. The van der Waals surface area contributed by atoms with Crippen LogP contribution in [-0.2, 0) is 0 Å². The number of hydrogen-bond acceptors (Lipinski definition) is 2. The molecule has 0 fully saturated rings. The van der Waals surface area contributed by atoms with Crippen LogP contribution in [0.25, 0.3) is 10.1 Å². The van der Waals surface area contributed by atoms with Crippen molar-refractivity contribution in [2.45, 2.75) is 20.8 Å². The number of nitriles is 1. The second-order valence-corrected chi connectivity index (χ2v) is 3.90. The molecule has 1 aromatic carbocycles. The molecule has 2 aromatic rings. The lowest BCUT2D eigenvalue weighted by Crippen LogP contribution is -1.71. The Balaban J connectivity index is 0.000000461. The molecule has 2 rings (SSSR count). The second-order valence-electron chi connectivity index (χ2n) is 2.64. The van der Waals surface area contributed by atoms with E-state index in [1.54, 1.807) is 11.3 Å². The van der Waals surface area contributed by atoms with Gasteiger partial charge in [0.1, 0.15) is 6.07 Å². The lowest BCUT2D eigenvalue weighted by Gasteiger charge is -1.86. The maximum atomic E-state index is 8.86. The van der Waals surface area contributed by atoms with Crippen LogP contribution in [0.15, 0.2) is 24.3 Å². The monoisotopic (exact) mass is 203 g/mol. The molecule has 0 atom stereocenters. The third-order valence-electron chi connectivity index (χ3n) is 1.88. The number of aryl methyl sites for hydroxylation is 1. The van der Waals surface area contributed by atoms with Crippen molar-refractivity contribution >= 4 is 21.4 Å². The zero-order chi connectivity index (χ0) is 10.6. The molecule has 0 saturated carbocycles. The van der Waals surface area contributed by atoms with Crippen LogP contribution in [0.4, 0.5) is 0 Å². The zero-order valence-corrected chi connectivity index (χ0v) is 9.48. The minimum Gasteiger partial charge on any atom is -0.192 e. The summed E-state index contributed by atoms with van der Waals surface area (Å²) < 4.78 is 1.20. The topological polar surface area (TPSA) is 23.8 Å². The molecule has 1 heterocycles. The van der Waals surface area contributed by atoms with Gasteiger partial charge in [-0.1, -0.05) is 32.0 Å². The highest BCUT2D eigenvalue weighted by Gasteiger charge is 2.05. The van der Waals surface area contributed by atoms with Crippen LogP contribution in [0.1, 0.15) is 24.3 Å². The third kappa shape index (κ3) is 1.78. The predicted molar refractivity (Wildman–Crippen MR) is 62.6 cm³/mol. The Kier molecular flexibility index (Phi) is 3.67. The summed E-state index contributed by atoms with van der Waals surface area (Å²) >= 11 is 1.68. The Morgan fingerprint density at radius 2 is 1.86 bits per heavy atom. The highest BCUT2D eigenvalue weighted by Crippen LogP contribution is 2.29. The van der Waals surface area contributed by atoms with E-state index in [1.807, 2.05) is 45.0 Å². The molecule has 0 radical (unpaired) electrons. The van der Waals surface area contributed by atoms with Gasteiger partial charge in [0, 0.05) is 15.0 Å². The summed E-state index contributed by atoms with van der Waals surface area (Å²) in [6.45, 7) is 5.99. The van der Waals surface area contributed by atoms with Gasteiger partial charge in [-0.2, -0.15) is 5.26 Å². The van der Waals surface area contributed by atoms with Gasteiger partial charge in [0.25, 0.3) is 0 Å². The highest BCUT2D eigenvalue weighted by molar-refractivity contribution is 7.19. The molecule has 0 saturated heterocycles. The predicted octanol–water partition coefficient (Wildman–Crippen LogP) is 4.11. The van der Waals surface area contributed by atoms with Crippen molar-refractivity contribution < 1.29 is 0 Å². The van der Waals surface area contributed by atoms with Crippen molar-refractivity contribution in [3.8, 4) is 6.07 Å². The molecule has 0 aliphatic carbocycles. The van der Waals surface area contributed by atoms with Crippen molar-refractivity contribution in [1.29, 1.82) is 5.26 Å². The number of rotatable bonds is 0. The summed E-state index contributed by atoms with van der Waals surface area (Å²) in [7, 11) is 0. The Morgan fingerprint density at radius 3 is 2.50 bits per heavy atom. The molecule has 0 aliphatic heterocycles. The molecular formula is C12H13NS. The van der Waals surface area contributed by atoms with E-state index in [2.05, 4.69) is 6.07 Å². The first kappa shape index (κ1) is 10.7. The van der Waals surface area contributed by atoms with Crippen LogP contribution in [0.2, 0.25) is 0 Å². The zero-order valence-electron chi connectivity index (χ0n) is 8.66. The summed E-state index contributed by atoms with van der Waals surface area (Å²) in [4.78, 5) is 1.11. The maximum absolute atomic E-state index is 8.86. The van der Waals surface area contributed by atoms with Crippen LogP contribution in [0.3, 0.4) is 0 Å². The average molecular weight is 203 g/mol. The van der Waals surface area contributed by atoms with Crippen LogP contribution in [0, 0.1) is 18.3 Å². The quantitative estimate of drug-likeness (QED) is 0.632. The first-order chi connectivity index (χ1) is 6.83. The van der Waals surface area contributed by atoms with E-state index in [9.17, 15) is 0 Å². The number of nitrogens with zero attached hydrogens (tertiary/aromatic N) is 1. The summed E-state index contributed by atoms with van der Waals surface area (Å²) in [5.74, 6) is 0. The molecular weight excluding hydrogens is 190 g/mol. The van der Waals surface area contributed by atoms with Crippen LogP contribution in [-0.4, -0.2) is 0 Å². The lowest BCUT2D eigenvalue weighted by atomic mass is 10.1. The van der Waals surface area contributed by atoms with E-state index in [0.29, 0.717) is 0 Å². The lowest BCUT2D eigenvalue weighted by molar-refractivity contribution is 1.48. The summed E-state index contributed by atoms with van der Waals surface area (Å²) in [6, 6.07) is 10.2. The van der Waals surface area contributed by atoms with Gasteiger partial charge in [0.2, 0.25) is 0 Å². The summed E-state index contributed by atoms with van der Waals surface area (Å²) in [5, 5.41) is 9.95. The van der Waals surface area contributed by atoms with E-state index < -0.39 is 0 Å². The molecule has 72 valence electrons. The normalized spacial score (nSPS) is 9.00. The van der Waals surface area contributed by atoms with Gasteiger partial charge in [0.15, 0.2) is 0 Å². The molecule has 0 bridgehead atoms. The number of fused-ring (bicyclic) bond motifs is 1. The molecule has 14 heavy (non-hydrogen) atoms. The minimum absolute atomic E-state index is 0.829. The van der Waals surface area contributed by atoms with E-state index in [0.717, 1.165) is 15.8 Å². The van der Waals surface area contributed by atoms with Gasteiger partial charge in [-0.15, -0.1) is 11.3 Å². The first-order valence-corrected chi connectivity index (χ1v) is 5.53. The van der Waals surface area contributed by atoms with Gasteiger partial charge in [0.05, 0.1) is 5.56 Å². The van der Waals surface area contributed by atoms with Gasteiger partial charge >= 0.3 is 0 Å². The first-order valence-electron chi connectivity index (χ1n) is 4.71. The van der Waals surface area contributed by atoms with Crippen LogP contribution in [0.5, 0.6) is 0 Å². The molecule has 0 aliphatic rings. The Hall–Kier alpha value is -1.33. The molecule has 1 nitrogen and oxygen atoms in total. The fraction of sp³-hybridized carbons (Fsp3) is 0.250. The molecule has 0 amide bonds. The van der Waals surface area contributed by atoms with Crippen LogP contribution < -0.4 is 0 Å². The molecule has 0 unspecified atom stereocenters. The highest BCUT2D eigenvalue weighted by atomic mass is 32.1. The summed E-state index contributed by atoms with van der Waals surface area (Å²) in [6.07, 6.45) is 0. The summed E-state index contributed by atoms with van der Waals surface area (Å²) in [5.41, 5.74) is 0.829. The Bertz CT molecular complexity index is 463. The number of hydrogen-bond donors (Lipinski definition) is 0. The van der Waals surface area contributed by atoms with Crippen molar-refractivity contribution in [1.82, 2.24) is 0 Å². The third-order valence-corrected chi connectivity index (χ3v) is 2.97. The van der Waals surface area contributed by atoms with E-state index in [1.165, 1.54) is 4.70 Å². The van der Waals surface area contributed by atoms with Crippen molar-refractivity contribution in [2.75, 3.05) is 0 Å². The van der Waals surface area contributed by atoms with Gasteiger partial charge in [-0.25, -0.2) is 0 Å². The number of benzene rings is 1. The van der Waals surface area contributed by atoms with Crippen molar-refractivity contribution in [3.05, 3.63) is 34.7 Å². The van der Waals surface area contributed by atoms with Crippen LogP contribution >= 0.6 is 11.3 Å². The SMILES string of the molecule is CC.Cc1sc2ccccc2c1C#N.